The first-order valence-electron chi connectivity index (χ1n) is 9.29. The van der Waals surface area contributed by atoms with Crippen LogP contribution in [0.4, 0.5) is 0 Å². The van der Waals surface area contributed by atoms with Crippen molar-refractivity contribution in [3.05, 3.63) is 52.1 Å². The minimum Gasteiger partial charge on any atom is -0.375 e. The summed E-state index contributed by atoms with van der Waals surface area (Å²) in [4.78, 5) is 33.8. The number of piperidine rings is 1. The van der Waals surface area contributed by atoms with Crippen molar-refractivity contribution in [2.45, 2.75) is 25.3 Å². The van der Waals surface area contributed by atoms with Gasteiger partial charge in [-0.2, -0.15) is 0 Å². The third-order valence-corrected chi connectivity index (χ3v) is 5.07. The molecule has 0 aliphatic carbocycles. The zero-order chi connectivity index (χ0) is 19.5. The Morgan fingerprint density at radius 1 is 1.25 bits per heavy atom. The first-order valence-corrected chi connectivity index (χ1v) is 9.29. The van der Waals surface area contributed by atoms with Gasteiger partial charge in [0.05, 0.1) is 6.54 Å². The summed E-state index contributed by atoms with van der Waals surface area (Å²) in [5, 5.41) is 8.11. The maximum Gasteiger partial charge on any atom is 0.281 e. The molecular formula is C19H22N6O3. The predicted molar refractivity (Wildman–Crippen MR) is 102 cm³/mol. The van der Waals surface area contributed by atoms with Crippen LogP contribution in [-0.2, 0) is 16.1 Å². The van der Waals surface area contributed by atoms with E-state index in [-0.39, 0.29) is 29.5 Å². The largest absolute Gasteiger partial charge is 0.375 e. The fourth-order valence-corrected chi connectivity index (χ4v) is 3.56. The van der Waals surface area contributed by atoms with E-state index in [0.29, 0.717) is 31.1 Å². The van der Waals surface area contributed by atoms with Crippen molar-refractivity contribution in [3.63, 3.8) is 0 Å². The predicted octanol–water partition coefficient (Wildman–Crippen LogP) is 0.915. The highest BCUT2D eigenvalue weighted by Gasteiger charge is 2.26. The van der Waals surface area contributed by atoms with Crippen molar-refractivity contribution >= 4 is 17.1 Å². The number of likely N-dealkylation sites (tertiary alicyclic amines) is 1. The molecule has 9 nitrogen and oxygen atoms in total. The number of fused-ring (bicyclic) bond motifs is 1. The Hall–Kier alpha value is -3.07. The van der Waals surface area contributed by atoms with Crippen molar-refractivity contribution in [3.8, 4) is 0 Å². The molecule has 0 spiro atoms. The Morgan fingerprint density at radius 3 is 2.71 bits per heavy atom. The number of methoxy groups -OCH3 is 1. The van der Waals surface area contributed by atoms with Crippen molar-refractivity contribution in [1.29, 1.82) is 0 Å². The molecule has 2 aromatic heterocycles. The maximum absolute atomic E-state index is 12.5. The van der Waals surface area contributed by atoms with Crippen molar-refractivity contribution in [2.24, 2.45) is 0 Å². The Labute approximate surface area is 161 Å². The molecule has 9 heteroatoms. The molecule has 3 heterocycles. The van der Waals surface area contributed by atoms with Gasteiger partial charge >= 0.3 is 0 Å². The van der Waals surface area contributed by atoms with E-state index in [0.717, 1.165) is 18.4 Å². The van der Waals surface area contributed by atoms with Crippen LogP contribution >= 0.6 is 0 Å². The molecule has 1 N–H and O–H groups in total. The van der Waals surface area contributed by atoms with Crippen LogP contribution in [0.25, 0.3) is 11.2 Å². The second-order valence-electron chi connectivity index (χ2n) is 6.94. The normalized spacial score (nSPS) is 15.2. The fraction of sp³-hybridized carbons (Fsp3) is 0.421. The highest BCUT2D eigenvalue weighted by Crippen LogP contribution is 2.25. The molecule has 0 radical (unpaired) electrons. The van der Waals surface area contributed by atoms with Gasteiger partial charge in [0.25, 0.3) is 5.56 Å². The van der Waals surface area contributed by atoms with Gasteiger partial charge in [-0.25, -0.2) is 9.67 Å². The molecule has 1 fully saturated rings. The van der Waals surface area contributed by atoms with E-state index >= 15 is 0 Å². The first kappa shape index (κ1) is 18.3. The summed E-state index contributed by atoms with van der Waals surface area (Å²) < 4.78 is 6.57. The molecule has 1 aliphatic rings. The Balaban J connectivity index is 1.56. The van der Waals surface area contributed by atoms with Gasteiger partial charge in [0.1, 0.15) is 12.4 Å². The van der Waals surface area contributed by atoms with E-state index in [1.165, 1.54) is 7.11 Å². The number of hydrogen-bond donors (Lipinski definition) is 1. The Kier molecular flexibility index (Phi) is 5.16. The summed E-state index contributed by atoms with van der Waals surface area (Å²) in [6, 6.07) is 9.86. The third-order valence-electron chi connectivity index (χ3n) is 5.07. The van der Waals surface area contributed by atoms with Gasteiger partial charge in [-0.15, -0.1) is 5.10 Å². The quantitative estimate of drug-likeness (QED) is 0.703. The molecule has 1 aliphatic heterocycles. The number of rotatable bonds is 5. The van der Waals surface area contributed by atoms with Gasteiger partial charge in [-0.1, -0.05) is 35.5 Å². The molecule has 1 aromatic carbocycles. The number of carbonyl (C=O) groups excluding carboxylic acids is 1. The SMILES string of the molecule is COCC(=O)N1CCC(c2nc3c(nnn3Cc3ccccc3)c(=O)[nH]2)CC1. The van der Waals surface area contributed by atoms with Crippen LogP contribution in [0, 0.1) is 0 Å². The fourth-order valence-electron chi connectivity index (χ4n) is 3.56. The van der Waals surface area contributed by atoms with Crippen molar-refractivity contribution < 1.29 is 9.53 Å². The zero-order valence-corrected chi connectivity index (χ0v) is 15.7. The van der Waals surface area contributed by atoms with Crippen LogP contribution in [0.15, 0.2) is 35.1 Å². The highest BCUT2D eigenvalue weighted by atomic mass is 16.5. The molecule has 0 unspecified atom stereocenters. The molecule has 28 heavy (non-hydrogen) atoms. The summed E-state index contributed by atoms with van der Waals surface area (Å²) in [5.74, 6) is 0.708. The van der Waals surface area contributed by atoms with E-state index in [2.05, 4.69) is 20.3 Å². The lowest BCUT2D eigenvalue weighted by atomic mass is 9.96. The topological polar surface area (TPSA) is 106 Å². The van der Waals surface area contributed by atoms with Crippen molar-refractivity contribution in [2.75, 3.05) is 26.8 Å². The van der Waals surface area contributed by atoms with Crippen LogP contribution in [0.3, 0.4) is 0 Å². The molecule has 3 aromatic rings. The maximum atomic E-state index is 12.5. The third kappa shape index (κ3) is 3.65. The smallest absolute Gasteiger partial charge is 0.281 e. The second-order valence-corrected chi connectivity index (χ2v) is 6.94. The number of benzene rings is 1. The van der Waals surface area contributed by atoms with Crippen LogP contribution in [0.1, 0.15) is 30.1 Å². The summed E-state index contributed by atoms with van der Waals surface area (Å²) in [7, 11) is 1.52. The second kappa shape index (κ2) is 7.89. The summed E-state index contributed by atoms with van der Waals surface area (Å²) in [5.41, 5.74) is 1.51. The molecule has 146 valence electrons. The molecule has 0 atom stereocenters. The molecule has 0 saturated carbocycles. The van der Waals surface area contributed by atoms with Crippen LogP contribution in [0.2, 0.25) is 0 Å². The van der Waals surface area contributed by atoms with Gasteiger partial charge in [0, 0.05) is 26.1 Å². The zero-order valence-electron chi connectivity index (χ0n) is 15.7. The number of nitrogens with one attached hydrogen (secondary N) is 1. The molecule has 1 saturated heterocycles. The minimum atomic E-state index is -0.280. The van der Waals surface area contributed by atoms with E-state index in [4.69, 9.17) is 4.74 Å². The van der Waals surface area contributed by atoms with Crippen LogP contribution in [0.5, 0.6) is 0 Å². The Morgan fingerprint density at radius 2 is 2.00 bits per heavy atom. The standard InChI is InChI=1S/C19H22N6O3/c1-28-12-15(26)24-9-7-14(8-10-24)17-20-18-16(19(27)21-17)22-23-25(18)11-13-5-3-2-4-6-13/h2-6,14H,7-12H2,1H3,(H,20,21,27). The monoisotopic (exact) mass is 382 g/mol. The number of aromatic nitrogens is 5. The minimum absolute atomic E-state index is 0.0111. The number of nitrogens with zero attached hydrogens (tertiary/aromatic N) is 5. The lowest BCUT2D eigenvalue weighted by molar-refractivity contribution is -0.136. The molecule has 1 amide bonds. The Bertz CT molecular complexity index is 1020. The summed E-state index contributed by atoms with van der Waals surface area (Å²) >= 11 is 0. The number of H-pyrrole nitrogens is 1. The number of aromatic amines is 1. The van der Waals surface area contributed by atoms with Crippen molar-refractivity contribution in [1.82, 2.24) is 29.9 Å². The van der Waals surface area contributed by atoms with Gasteiger partial charge in [-0.05, 0) is 18.4 Å². The van der Waals surface area contributed by atoms with Gasteiger partial charge in [-0.3, -0.25) is 9.59 Å². The summed E-state index contributed by atoms with van der Waals surface area (Å²) in [6.07, 6.45) is 1.48. The first-order chi connectivity index (χ1) is 13.7. The van der Waals surface area contributed by atoms with Crippen LogP contribution < -0.4 is 5.56 Å². The van der Waals surface area contributed by atoms with Gasteiger partial charge < -0.3 is 14.6 Å². The molecular weight excluding hydrogens is 360 g/mol. The van der Waals surface area contributed by atoms with Crippen LogP contribution in [-0.4, -0.2) is 62.6 Å². The van der Waals surface area contributed by atoms with Gasteiger partial charge in [0.2, 0.25) is 5.91 Å². The number of ether oxygens (including phenoxy) is 1. The highest BCUT2D eigenvalue weighted by molar-refractivity contribution is 5.77. The number of hydrogen-bond acceptors (Lipinski definition) is 6. The van der Waals surface area contributed by atoms with E-state index in [1.807, 2.05) is 30.3 Å². The lowest BCUT2D eigenvalue weighted by Gasteiger charge is -2.31. The molecule has 0 bridgehead atoms. The average molecular weight is 382 g/mol. The van der Waals surface area contributed by atoms with Gasteiger partial charge in [0.15, 0.2) is 11.2 Å². The lowest BCUT2D eigenvalue weighted by Crippen LogP contribution is -2.40. The summed E-state index contributed by atoms with van der Waals surface area (Å²) in [6.45, 7) is 1.83. The average Bonchev–Trinajstić information content (AvgIpc) is 3.12. The van der Waals surface area contributed by atoms with E-state index in [1.54, 1.807) is 9.58 Å². The van der Waals surface area contributed by atoms with E-state index < -0.39 is 0 Å². The number of carbonyl (C=O) groups is 1. The van der Waals surface area contributed by atoms with E-state index in [9.17, 15) is 9.59 Å². The number of amides is 1. The molecule has 4 rings (SSSR count).